The van der Waals surface area contributed by atoms with Crippen molar-refractivity contribution in [2.75, 3.05) is 5.32 Å². The van der Waals surface area contributed by atoms with Gasteiger partial charge in [0.25, 0.3) is 5.91 Å². The van der Waals surface area contributed by atoms with Crippen molar-refractivity contribution in [2.45, 2.75) is 51.9 Å². The van der Waals surface area contributed by atoms with Gasteiger partial charge in [-0.2, -0.15) is 18.3 Å². The van der Waals surface area contributed by atoms with E-state index in [2.05, 4.69) is 20.5 Å². The lowest BCUT2D eigenvalue weighted by Gasteiger charge is -2.42. The van der Waals surface area contributed by atoms with Crippen LogP contribution in [-0.4, -0.2) is 43.7 Å². The number of aryl methyl sites for hydroxylation is 1. The van der Waals surface area contributed by atoms with E-state index in [0.717, 1.165) is 33.6 Å². The largest absolute Gasteiger partial charge is 0.530 e. The van der Waals surface area contributed by atoms with Gasteiger partial charge in [-0.05, 0) is 63.6 Å². The number of aromatic nitrogens is 3. The highest BCUT2D eigenvalue weighted by molar-refractivity contribution is 5.95. The van der Waals surface area contributed by atoms with E-state index in [4.69, 9.17) is 4.42 Å². The van der Waals surface area contributed by atoms with Crippen LogP contribution in [0.25, 0.3) is 22.2 Å². The van der Waals surface area contributed by atoms with E-state index in [1.165, 1.54) is 18.3 Å². The first-order valence-corrected chi connectivity index (χ1v) is 11.6. The number of nitrogens with one attached hydrogen (secondary N) is 2. The molecule has 4 rings (SSSR count). The summed E-state index contributed by atoms with van der Waals surface area (Å²) < 4.78 is 44.6. The van der Waals surface area contributed by atoms with Crippen molar-refractivity contribution >= 4 is 28.9 Å². The van der Waals surface area contributed by atoms with Crippen LogP contribution >= 0.6 is 0 Å². The van der Waals surface area contributed by atoms with E-state index >= 15 is 0 Å². The quantitative estimate of drug-likeness (QED) is 0.378. The number of carboxylic acid groups (broad SMARTS) is 1. The topological polar surface area (TPSA) is 127 Å². The van der Waals surface area contributed by atoms with Crippen molar-refractivity contribution in [1.82, 2.24) is 20.1 Å². The van der Waals surface area contributed by atoms with Gasteiger partial charge in [-0.3, -0.25) is 15.2 Å². The number of H-pyrrole nitrogens is 1. The lowest BCUT2D eigenvalue weighted by Crippen LogP contribution is -2.60. The predicted octanol–water partition coefficient (Wildman–Crippen LogP) is 4.54. The Hall–Kier alpha value is -4.35. The first kappa shape index (κ1) is 26.7. The molecule has 2 amide bonds. The first-order chi connectivity index (χ1) is 17.7. The number of carbonyl (C=O) groups excluding carboxylic acids is 2. The number of carbonyl (C=O) groups is 2. The molecule has 2 aromatic carbocycles. The van der Waals surface area contributed by atoms with Crippen molar-refractivity contribution in [2.24, 2.45) is 0 Å². The number of hydrogen-bond acceptors (Lipinski definition) is 6. The molecule has 38 heavy (non-hydrogen) atoms. The molecule has 2 N–H and O–H groups in total. The Kier molecular flexibility index (Phi) is 6.92. The summed E-state index contributed by atoms with van der Waals surface area (Å²) in [5.41, 5.74) is 0.728. The lowest BCUT2D eigenvalue weighted by molar-refractivity contribution is -0.273. The van der Waals surface area contributed by atoms with Crippen LogP contribution in [0.15, 0.2) is 53.1 Å². The third kappa shape index (κ3) is 5.63. The molecular formula is C26H25F3N5O4-. The van der Waals surface area contributed by atoms with Crippen LogP contribution in [0.1, 0.15) is 37.6 Å². The highest BCUT2D eigenvalue weighted by Gasteiger charge is 2.35. The van der Waals surface area contributed by atoms with Gasteiger partial charge >= 0.3 is 12.2 Å². The molecule has 200 valence electrons. The Bertz CT molecular complexity index is 1470. The molecule has 0 aliphatic rings. The summed E-state index contributed by atoms with van der Waals surface area (Å²) in [6.07, 6.45) is -4.93. The highest BCUT2D eigenvalue weighted by Crippen LogP contribution is 2.30. The molecule has 2 heterocycles. The molecule has 0 radical (unpaired) electrons. The number of hydrogen-bond donors (Lipinski definition) is 2. The highest BCUT2D eigenvalue weighted by atomic mass is 19.4. The van der Waals surface area contributed by atoms with E-state index in [1.807, 2.05) is 13.0 Å². The Labute approximate surface area is 215 Å². The van der Waals surface area contributed by atoms with Gasteiger partial charge in [0.2, 0.25) is 0 Å². The first-order valence-electron chi connectivity index (χ1n) is 11.6. The summed E-state index contributed by atoms with van der Waals surface area (Å²) in [5.74, 6) is -0.423. The smallest absolute Gasteiger partial charge is 0.416 e. The third-order valence-corrected chi connectivity index (χ3v) is 6.01. The average Bonchev–Trinajstić information content (AvgIpc) is 3.43. The molecule has 0 spiro atoms. The van der Waals surface area contributed by atoms with Crippen molar-refractivity contribution in [3.63, 3.8) is 0 Å². The molecule has 4 aromatic rings. The number of benzene rings is 2. The molecule has 12 heteroatoms. The van der Waals surface area contributed by atoms with Crippen LogP contribution in [0.4, 0.5) is 24.0 Å². The second-order valence-corrected chi connectivity index (χ2v) is 9.82. The Morgan fingerprint density at radius 3 is 2.42 bits per heavy atom. The molecule has 0 unspecified atom stereocenters. The SMILES string of the molecule is Cc1[nH]nc2ccc(-c3cnc(NC(=O)[C@H](Cc4ccc(C(F)(F)F)cc4)N(C(=O)[O-])C(C)(C)C)o3)cc12. The van der Waals surface area contributed by atoms with Gasteiger partial charge in [-0.15, -0.1) is 0 Å². The molecule has 0 bridgehead atoms. The number of nitrogens with zero attached hydrogens (tertiary/aromatic N) is 3. The number of fused-ring (bicyclic) bond motifs is 1. The summed E-state index contributed by atoms with van der Waals surface area (Å²) in [5, 5.41) is 22.5. The lowest BCUT2D eigenvalue weighted by atomic mass is 9.97. The third-order valence-electron chi connectivity index (χ3n) is 6.01. The van der Waals surface area contributed by atoms with Crippen molar-refractivity contribution in [1.29, 1.82) is 0 Å². The molecule has 0 aliphatic heterocycles. The second kappa shape index (κ2) is 9.84. The maximum absolute atomic E-state index is 13.3. The summed E-state index contributed by atoms with van der Waals surface area (Å²) in [6, 6.07) is 8.08. The van der Waals surface area contributed by atoms with Crippen LogP contribution in [0.2, 0.25) is 0 Å². The zero-order valence-corrected chi connectivity index (χ0v) is 21.0. The zero-order chi connectivity index (χ0) is 27.8. The second-order valence-electron chi connectivity index (χ2n) is 9.82. The minimum Gasteiger partial charge on any atom is -0.530 e. The van der Waals surface area contributed by atoms with Crippen molar-refractivity contribution in [3.8, 4) is 11.3 Å². The zero-order valence-electron chi connectivity index (χ0n) is 21.0. The van der Waals surface area contributed by atoms with E-state index < -0.39 is 35.3 Å². The fraction of sp³-hybridized carbons (Fsp3) is 0.308. The normalized spacial score (nSPS) is 12.9. The number of rotatable bonds is 6. The number of halogens is 3. The molecule has 0 aliphatic carbocycles. The van der Waals surface area contributed by atoms with Crippen molar-refractivity contribution < 1.29 is 32.3 Å². The number of amides is 2. The van der Waals surface area contributed by atoms with Crippen LogP contribution in [0, 0.1) is 6.92 Å². The molecule has 0 fully saturated rings. The number of alkyl halides is 3. The summed E-state index contributed by atoms with van der Waals surface area (Å²) in [7, 11) is 0. The van der Waals surface area contributed by atoms with E-state index in [9.17, 15) is 27.9 Å². The number of oxazole rings is 1. The van der Waals surface area contributed by atoms with Gasteiger partial charge in [0.1, 0.15) is 12.1 Å². The van der Waals surface area contributed by atoms with Gasteiger partial charge in [-0.1, -0.05) is 12.1 Å². The monoisotopic (exact) mass is 528 g/mol. The minimum atomic E-state index is -4.53. The standard InChI is InChI=1S/C26H26F3N5O4/c1-14-18-12-16(7-10-19(18)33-32-14)21-13-30-23(38-21)31-22(35)20(34(24(36)37)25(2,3)4)11-15-5-8-17(9-6-15)26(27,28)29/h5-10,12-13,20H,11H2,1-4H3,(H,32,33)(H,36,37)(H,30,31,35)/p-1/t20-/m0/s1. The molecule has 0 saturated heterocycles. The molecule has 1 atom stereocenters. The Morgan fingerprint density at radius 1 is 1.13 bits per heavy atom. The summed E-state index contributed by atoms with van der Waals surface area (Å²) in [6.45, 7) is 6.60. The van der Waals surface area contributed by atoms with Gasteiger partial charge in [0, 0.05) is 28.6 Å². The fourth-order valence-corrected chi connectivity index (χ4v) is 4.17. The number of anilines is 1. The van der Waals surface area contributed by atoms with E-state index in [0.29, 0.717) is 16.9 Å². The van der Waals surface area contributed by atoms with Crippen LogP contribution < -0.4 is 10.4 Å². The van der Waals surface area contributed by atoms with Gasteiger partial charge in [0.05, 0.1) is 17.3 Å². The Morgan fingerprint density at radius 2 is 1.82 bits per heavy atom. The molecule has 0 saturated carbocycles. The summed E-state index contributed by atoms with van der Waals surface area (Å²) >= 11 is 0. The predicted molar refractivity (Wildman–Crippen MR) is 131 cm³/mol. The van der Waals surface area contributed by atoms with Gasteiger partial charge in [0.15, 0.2) is 5.76 Å². The minimum absolute atomic E-state index is 0.168. The van der Waals surface area contributed by atoms with Gasteiger partial charge in [-0.25, -0.2) is 4.98 Å². The molecular weight excluding hydrogens is 503 g/mol. The molecule has 2 aromatic heterocycles. The maximum atomic E-state index is 13.3. The Balaban J connectivity index is 1.60. The summed E-state index contributed by atoms with van der Waals surface area (Å²) in [4.78, 5) is 30.3. The van der Waals surface area contributed by atoms with E-state index in [-0.39, 0.29) is 12.4 Å². The van der Waals surface area contributed by atoms with Crippen LogP contribution in [-0.2, 0) is 17.4 Å². The maximum Gasteiger partial charge on any atom is 0.416 e. The van der Waals surface area contributed by atoms with Crippen LogP contribution in [0.3, 0.4) is 0 Å². The molecule has 9 nitrogen and oxygen atoms in total. The number of aromatic amines is 1. The van der Waals surface area contributed by atoms with Gasteiger partial charge < -0.3 is 19.2 Å². The fourth-order valence-electron chi connectivity index (χ4n) is 4.17. The van der Waals surface area contributed by atoms with Crippen molar-refractivity contribution in [3.05, 3.63) is 65.5 Å². The van der Waals surface area contributed by atoms with E-state index in [1.54, 1.807) is 32.9 Å². The average molecular weight is 529 g/mol. The van der Waals surface area contributed by atoms with Crippen LogP contribution in [0.5, 0.6) is 0 Å².